The predicted molar refractivity (Wildman–Crippen MR) is 58.3 cm³/mol. The van der Waals surface area contributed by atoms with Crippen LogP contribution in [0.15, 0.2) is 18.2 Å². The van der Waals surface area contributed by atoms with Gasteiger partial charge >= 0.3 is 6.18 Å². The van der Waals surface area contributed by atoms with Crippen molar-refractivity contribution in [3.63, 3.8) is 0 Å². The molecule has 0 aliphatic carbocycles. The van der Waals surface area contributed by atoms with E-state index in [1.807, 2.05) is 0 Å². The first-order valence-corrected chi connectivity index (χ1v) is 5.07. The van der Waals surface area contributed by atoms with E-state index in [4.69, 9.17) is 5.73 Å². The van der Waals surface area contributed by atoms with E-state index in [9.17, 15) is 13.2 Å². The zero-order chi connectivity index (χ0) is 12.2. The first-order chi connectivity index (χ1) is 7.45. The lowest BCUT2D eigenvalue weighted by atomic mass is 10.1. The lowest BCUT2D eigenvalue weighted by Gasteiger charge is -2.15. The van der Waals surface area contributed by atoms with E-state index in [-0.39, 0.29) is 5.69 Å². The van der Waals surface area contributed by atoms with Gasteiger partial charge in [-0.15, -0.1) is 0 Å². The average Bonchev–Trinajstić information content (AvgIpc) is 2.19. The molecular weight excluding hydrogens is 217 g/mol. The van der Waals surface area contributed by atoms with Crippen molar-refractivity contribution in [3.05, 3.63) is 29.3 Å². The van der Waals surface area contributed by atoms with E-state index < -0.39 is 11.7 Å². The number of nitrogens with two attached hydrogens (primary N) is 1. The van der Waals surface area contributed by atoms with Crippen molar-refractivity contribution in [2.24, 2.45) is 5.73 Å². The molecule has 0 heterocycles. The normalized spacial score (nSPS) is 11.6. The van der Waals surface area contributed by atoms with E-state index >= 15 is 0 Å². The minimum absolute atomic E-state index is 0.117. The third kappa shape index (κ3) is 3.41. The number of aryl methyl sites for hydroxylation is 1. The van der Waals surface area contributed by atoms with E-state index in [1.54, 1.807) is 13.0 Å². The number of halogens is 3. The van der Waals surface area contributed by atoms with Gasteiger partial charge in [-0.3, -0.25) is 0 Å². The second-order valence-electron chi connectivity index (χ2n) is 3.62. The highest BCUT2D eigenvalue weighted by atomic mass is 19.4. The third-order valence-corrected chi connectivity index (χ3v) is 2.18. The number of hydrogen-bond acceptors (Lipinski definition) is 2. The number of nitrogens with one attached hydrogen (secondary N) is 1. The molecule has 1 rings (SSSR count). The van der Waals surface area contributed by atoms with Crippen molar-refractivity contribution in [1.82, 2.24) is 0 Å². The Balaban J connectivity index is 2.90. The van der Waals surface area contributed by atoms with Crippen LogP contribution in [-0.4, -0.2) is 13.1 Å². The third-order valence-electron chi connectivity index (χ3n) is 2.18. The van der Waals surface area contributed by atoms with Gasteiger partial charge in [0.1, 0.15) is 0 Å². The second kappa shape index (κ2) is 5.21. The van der Waals surface area contributed by atoms with Crippen LogP contribution in [0.5, 0.6) is 0 Å². The fourth-order valence-electron chi connectivity index (χ4n) is 1.37. The van der Waals surface area contributed by atoms with Gasteiger partial charge in [0.05, 0.1) is 5.56 Å². The number of benzene rings is 1. The second-order valence-corrected chi connectivity index (χ2v) is 3.62. The highest BCUT2D eigenvalue weighted by Gasteiger charge is 2.33. The Bertz CT molecular complexity index is 348. The molecule has 1 aromatic rings. The van der Waals surface area contributed by atoms with E-state index in [2.05, 4.69) is 5.32 Å². The lowest BCUT2D eigenvalue weighted by molar-refractivity contribution is -0.137. The van der Waals surface area contributed by atoms with Crippen LogP contribution in [0.25, 0.3) is 0 Å². The maximum absolute atomic E-state index is 12.7. The lowest BCUT2D eigenvalue weighted by Crippen LogP contribution is -2.13. The molecule has 90 valence electrons. The zero-order valence-corrected chi connectivity index (χ0v) is 9.06. The van der Waals surface area contributed by atoms with Crippen LogP contribution in [0.1, 0.15) is 17.5 Å². The molecule has 0 radical (unpaired) electrons. The predicted octanol–water partition coefficient (Wildman–Crippen LogP) is 2.77. The van der Waals surface area contributed by atoms with Gasteiger partial charge in [0, 0.05) is 12.2 Å². The molecule has 1 aromatic carbocycles. The molecule has 3 N–H and O–H groups in total. The van der Waals surface area contributed by atoms with Crippen molar-refractivity contribution in [1.29, 1.82) is 0 Å². The monoisotopic (exact) mass is 232 g/mol. The SMILES string of the molecule is Cc1ccc(NCCCN)c(C(F)(F)F)c1. The summed E-state index contributed by atoms with van der Waals surface area (Å²) in [6, 6.07) is 4.25. The largest absolute Gasteiger partial charge is 0.418 e. The van der Waals surface area contributed by atoms with Crippen molar-refractivity contribution in [2.45, 2.75) is 19.5 Å². The summed E-state index contributed by atoms with van der Waals surface area (Å²) in [4.78, 5) is 0. The molecule has 0 amide bonds. The van der Waals surface area contributed by atoms with Gasteiger partial charge in [-0.1, -0.05) is 11.6 Å². The molecule has 0 fully saturated rings. The highest BCUT2D eigenvalue weighted by molar-refractivity contribution is 5.54. The molecule has 5 heteroatoms. The van der Waals surface area contributed by atoms with Crippen LogP contribution in [0.2, 0.25) is 0 Å². The summed E-state index contributed by atoms with van der Waals surface area (Å²) in [5.41, 5.74) is 5.37. The van der Waals surface area contributed by atoms with Gasteiger partial charge in [0.25, 0.3) is 0 Å². The van der Waals surface area contributed by atoms with Crippen molar-refractivity contribution in [2.75, 3.05) is 18.4 Å². The van der Waals surface area contributed by atoms with Crippen molar-refractivity contribution < 1.29 is 13.2 Å². The molecule has 0 unspecified atom stereocenters. The maximum Gasteiger partial charge on any atom is 0.418 e. The topological polar surface area (TPSA) is 38.0 Å². The Morgan fingerprint density at radius 1 is 1.31 bits per heavy atom. The molecule has 2 nitrogen and oxygen atoms in total. The van der Waals surface area contributed by atoms with Crippen molar-refractivity contribution in [3.8, 4) is 0 Å². The molecule has 0 saturated heterocycles. The Morgan fingerprint density at radius 2 is 2.00 bits per heavy atom. The minimum Gasteiger partial charge on any atom is -0.385 e. The molecule has 0 aromatic heterocycles. The Hall–Kier alpha value is -1.23. The quantitative estimate of drug-likeness (QED) is 0.783. The van der Waals surface area contributed by atoms with Crippen LogP contribution in [0.3, 0.4) is 0 Å². The van der Waals surface area contributed by atoms with Gasteiger partial charge in [-0.2, -0.15) is 13.2 Å². The van der Waals surface area contributed by atoms with Gasteiger partial charge in [-0.05, 0) is 32.0 Å². The molecule has 16 heavy (non-hydrogen) atoms. The van der Waals surface area contributed by atoms with Crippen LogP contribution in [0, 0.1) is 6.92 Å². The van der Waals surface area contributed by atoms with Gasteiger partial charge in [-0.25, -0.2) is 0 Å². The minimum atomic E-state index is -4.32. The summed E-state index contributed by atoms with van der Waals surface area (Å²) in [6.45, 7) is 2.54. The number of hydrogen-bond donors (Lipinski definition) is 2. The average molecular weight is 232 g/mol. The van der Waals surface area contributed by atoms with Crippen LogP contribution in [-0.2, 0) is 6.18 Å². The fourth-order valence-corrected chi connectivity index (χ4v) is 1.37. The number of rotatable bonds is 4. The molecule has 0 aliphatic heterocycles. The molecule has 0 bridgehead atoms. The van der Waals surface area contributed by atoms with Crippen molar-refractivity contribution >= 4 is 5.69 Å². The number of alkyl halides is 3. The fraction of sp³-hybridized carbons (Fsp3) is 0.455. The molecular formula is C11H15F3N2. The highest BCUT2D eigenvalue weighted by Crippen LogP contribution is 2.35. The zero-order valence-electron chi connectivity index (χ0n) is 9.06. The van der Waals surface area contributed by atoms with Crippen LogP contribution >= 0.6 is 0 Å². The molecule has 0 spiro atoms. The van der Waals surface area contributed by atoms with Crippen LogP contribution < -0.4 is 11.1 Å². The number of anilines is 1. The summed E-state index contributed by atoms with van der Waals surface area (Å²) in [7, 11) is 0. The summed E-state index contributed by atoms with van der Waals surface area (Å²) in [6.07, 6.45) is -3.68. The summed E-state index contributed by atoms with van der Waals surface area (Å²) in [5, 5.41) is 2.75. The Labute approximate surface area is 92.6 Å². The smallest absolute Gasteiger partial charge is 0.385 e. The van der Waals surface area contributed by atoms with Gasteiger partial charge in [0.2, 0.25) is 0 Å². The standard InChI is InChI=1S/C11H15F3N2/c1-8-3-4-10(16-6-2-5-15)9(7-8)11(12,13)14/h3-4,7,16H,2,5-6,15H2,1H3. The first kappa shape index (κ1) is 12.8. The first-order valence-electron chi connectivity index (χ1n) is 5.07. The van der Waals surface area contributed by atoms with E-state index in [1.165, 1.54) is 6.07 Å². The Kier molecular flexibility index (Phi) is 4.18. The summed E-state index contributed by atoms with van der Waals surface area (Å²) < 4.78 is 38.0. The van der Waals surface area contributed by atoms with Gasteiger partial charge in [0.15, 0.2) is 0 Å². The van der Waals surface area contributed by atoms with Gasteiger partial charge < -0.3 is 11.1 Å². The summed E-state index contributed by atoms with van der Waals surface area (Å²) in [5.74, 6) is 0. The molecule has 0 atom stereocenters. The maximum atomic E-state index is 12.7. The van der Waals surface area contributed by atoms with Crippen LogP contribution in [0.4, 0.5) is 18.9 Å². The van der Waals surface area contributed by atoms with E-state index in [0.717, 1.165) is 6.07 Å². The molecule has 0 aliphatic rings. The summed E-state index contributed by atoms with van der Waals surface area (Å²) >= 11 is 0. The van der Waals surface area contributed by atoms with E-state index in [0.29, 0.717) is 25.1 Å². The molecule has 0 saturated carbocycles. The Morgan fingerprint density at radius 3 is 2.56 bits per heavy atom.